The van der Waals surface area contributed by atoms with Gasteiger partial charge in [0.1, 0.15) is 0 Å². The Bertz CT molecular complexity index is 226. The van der Waals surface area contributed by atoms with Crippen molar-refractivity contribution in [3.63, 3.8) is 0 Å². The molecule has 1 aliphatic carbocycles. The number of carboxylic acid groups (broad SMARTS) is 1. The first-order valence-electron chi connectivity index (χ1n) is 4.28. The molecule has 0 aromatic carbocycles. The zero-order valence-electron chi connectivity index (χ0n) is 7.29. The van der Waals surface area contributed by atoms with Crippen molar-refractivity contribution < 1.29 is 9.90 Å². The van der Waals surface area contributed by atoms with E-state index in [1.54, 1.807) is 6.08 Å². The fourth-order valence-corrected chi connectivity index (χ4v) is 1.46. The standard InChI is InChI=1S/C10H14O2/c1-8-3-2-4-9(7-8)5-6-10(11)12/h4-6,8H,2-3,7H2,1H3,(H,11,12)/b6-5+/t8-/m1/s1. The lowest BCUT2D eigenvalue weighted by Gasteiger charge is -2.16. The molecule has 0 saturated heterocycles. The Morgan fingerprint density at radius 2 is 2.50 bits per heavy atom. The van der Waals surface area contributed by atoms with Gasteiger partial charge in [-0.15, -0.1) is 0 Å². The molecule has 0 fully saturated rings. The summed E-state index contributed by atoms with van der Waals surface area (Å²) in [7, 11) is 0. The van der Waals surface area contributed by atoms with E-state index in [-0.39, 0.29) is 0 Å². The van der Waals surface area contributed by atoms with Gasteiger partial charge in [0, 0.05) is 6.08 Å². The van der Waals surface area contributed by atoms with Gasteiger partial charge in [-0.2, -0.15) is 0 Å². The summed E-state index contributed by atoms with van der Waals surface area (Å²) in [6.45, 7) is 2.20. The van der Waals surface area contributed by atoms with Crippen LogP contribution in [0.2, 0.25) is 0 Å². The molecular formula is C10H14O2. The van der Waals surface area contributed by atoms with Crippen LogP contribution in [0.25, 0.3) is 0 Å². The molecule has 0 heterocycles. The number of hydrogen-bond acceptors (Lipinski definition) is 1. The third-order valence-electron chi connectivity index (χ3n) is 2.09. The summed E-state index contributed by atoms with van der Waals surface area (Å²) in [6.07, 6.45) is 8.37. The van der Waals surface area contributed by atoms with Gasteiger partial charge in [-0.1, -0.05) is 24.6 Å². The monoisotopic (exact) mass is 166 g/mol. The van der Waals surface area contributed by atoms with Crippen molar-refractivity contribution in [2.75, 3.05) is 0 Å². The van der Waals surface area contributed by atoms with Crippen molar-refractivity contribution in [1.82, 2.24) is 0 Å². The van der Waals surface area contributed by atoms with Crippen molar-refractivity contribution in [1.29, 1.82) is 0 Å². The molecule has 0 bridgehead atoms. The maximum Gasteiger partial charge on any atom is 0.328 e. The topological polar surface area (TPSA) is 37.3 Å². The lowest BCUT2D eigenvalue weighted by atomic mass is 9.90. The van der Waals surface area contributed by atoms with Crippen LogP contribution in [0.15, 0.2) is 23.8 Å². The minimum atomic E-state index is -0.867. The van der Waals surface area contributed by atoms with Gasteiger partial charge in [0.25, 0.3) is 0 Å². The van der Waals surface area contributed by atoms with Crippen molar-refractivity contribution >= 4 is 5.97 Å². The van der Waals surface area contributed by atoms with Crippen LogP contribution in [0.5, 0.6) is 0 Å². The lowest BCUT2D eigenvalue weighted by molar-refractivity contribution is -0.131. The molecule has 0 radical (unpaired) electrons. The van der Waals surface area contributed by atoms with Crippen LogP contribution in [0.3, 0.4) is 0 Å². The van der Waals surface area contributed by atoms with Gasteiger partial charge in [0.15, 0.2) is 0 Å². The van der Waals surface area contributed by atoms with Gasteiger partial charge in [-0.25, -0.2) is 4.79 Å². The summed E-state index contributed by atoms with van der Waals surface area (Å²) in [5.41, 5.74) is 1.16. The summed E-state index contributed by atoms with van der Waals surface area (Å²) in [4.78, 5) is 10.2. The van der Waals surface area contributed by atoms with Gasteiger partial charge in [0.05, 0.1) is 0 Å². The second-order valence-corrected chi connectivity index (χ2v) is 3.34. The second kappa shape index (κ2) is 4.10. The van der Waals surface area contributed by atoms with Crippen LogP contribution in [-0.2, 0) is 4.79 Å². The summed E-state index contributed by atoms with van der Waals surface area (Å²) in [6, 6.07) is 0. The molecule has 0 aliphatic heterocycles. The molecule has 0 aromatic rings. The predicted molar refractivity (Wildman–Crippen MR) is 47.9 cm³/mol. The highest BCUT2D eigenvalue weighted by atomic mass is 16.4. The Morgan fingerprint density at radius 1 is 1.75 bits per heavy atom. The van der Waals surface area contributed by atoms with E-state index in [2.05, 4.69) is 13.0 Å². The fourth-order valence-electron chi connectivity index (χ4n) is 1.46. The summed E-state index contributed by atoms with van der Waals surface area (Å²) < 4.78 is 0. The lowest BCUT2D eigenvalue weighted by Crippen LogP contribution is -2.01. The molecule has 1 rings (SSSR count). The molecule has 1 aliphatic rings. The minimum Gasteiger partial charge on any atom is -0.478 e. The van der Waals surface area contributed by atoms with Gasteiger partial charge >= 0.3 is 5.97 Å². The zero-order valence-corrected chi connectivity index (χ0v) is 7.29. The van der Waals surface area contributed by atoms with Gasteiger partial charge < -0.3 is 5.11 Å². The van der Waals surface area contributed by atoms with Gasteiger partial charge in [-0.05, 0) is 25.2 Å². The highest BCUT2D eigenvalue weighted by Crippen LogP contribution is 2.23. The molecule has 1 atom stereocenters. The second-order valence-electron chi connectivity index (χ2n) is 3.34. The predicted octanol–water partition coefficient (Wildman–Crippen LogP) is 2.37. The van der Waals surface area contributed by atoms with E-state index in [0.29, 0.717) is 5.92 Å². The molecule has 12 heavy (non-hydrogen) atoms. The Kier molecular flexibility index (Phi) is 3.09. The van der Waals surface area contributed by atoms with Crippen molar-refractivity contribution in [2.45, 2.75) is 26.2 Å². The van der Waals surface area contributed by atoms with Crippen LogP contribution in [-0.4, -0.2) is 11.1 Å². The maximum atomic E-state index is 10.2. The zero-order chi connectivity index (χ0) is 8.97. The first-order valence-corrected chi connectivity index (χ1v) is 4.28. The highest BCUT2D eigenvalue weighted by Gasteiger charge is 2.08. The fraction of sp³-hybridized carbons (Fsp3) is 0.500. The average molecular weight is 166 g/mol. The number of aliphatic carboxylic acids is 1. The molecule has 0 saturated carbocycles. The summed E-state index contributed by atoms with van der Waals surface area (Å²) in [5, 5.41) is 8.40. The Morgan fingerprint density at radius 3 is 3.08 bits per heavy atom. The van der Waals surface area contributed by atoms with E-state index >= 15 is 0 Å². The molecule has 2 nitrogen and oxygen atoms in total. The average Bonchev–Trinajstić information content (AvgIpc) is 2.01. The van der Waals surface area contributed by atoms with E-state index in [9.17, 15) is 4.79 Å². The third kappa shape index (κ3) is 2.91. The first kappa shape index (κ1) is 9.04. The van der Waals surface area contributed by atoms with Crippen molar-refractivity contribution in [3.05, 3.63) is 23.8 Å². The minimum absolute atomic E-state index is 0.698. The molecule has 2 heteroatoms. The molecule has 66 valence electrons. The van der Waals surface area contributed by atoms with E-state index in [1.807, 2.05) is 0 Å². The SMILES string of the molecule is C[C@@H]1CCC=C(/C=C/C(=O)O)C1. The molecule has 0 aromatic heterocycles. The van der Waals surface area contributed by atoms with Crippen LogP contribution < -0.4 is 0 Å². The normalized spacial score (nSPS) is 24.1. The van der Waals surface area contributed by atoms with E-state index in [4.69, 9.17) is 5.11 Å². The molecule has 0 amide bonds. The van der Waals surface area contributed by atoms with Crippen LogP contribution >= 0.6 is 0 Å². The van der Waals surface area contributed by atoms with Gasteiger partial charge in [0.2, 0.25) is 0 Å². The molecule has 0 spiro atoms. The summed E-state index contributed by atoms with van der Waals surface area (Å²) >= 11 is 0. The smallest absolute Gasteiger partial charge is 0.328 e. The van der Waals surface area contributed by atoms with Crippen LogP contribution in [0, 0.1) is 5.92 Å². The Balaban J connectivity index is 2.52. The quantitative estimate of drug-likeness (QED) is 0.639. The van der Waals surface area contributed by atoms with E-state index in [0.717, 1.165) is 18.4 Å². The number of hydrogen-bond donors (Lipinski definition) is 1. The van der Waals surface area contributed by atoms with Crippen molar-refractivity contribution in [3.8, 4) is 0 Å². The number of rotatable bonds is 2. The van der Waals surface area contributed by atoms with E-state index in [1.165, 1.54) is 12.5 Å². The van der Waals surface area contributed by atoms with E-state index < -0.39 is 5.97 Å². The van der Waals surface area contributed by atoms with Crippen molar-refractivity contribution in [2.24, 2.45) is 5.92 Å². The van der Waals surface area contributed by atoms with Gasteiger partial charge in [-0.3, -0.25) is 0 Å². The molecule has 0 unspecified atom stereocenters. The highest BCUT2D eigenvalue weighted by molar-refractivity contribution is 5.80. The largest absolute Gasteiger partial charge is 0.478 e. The third-order valence-corrected chi connectivity index (χ3v) is 2.09. The Hall–Kier alpha value is -1.05. The summed E-state index contributed by atoms with van der Waals surface area (Å²) in [5.74, 6) is -0.169. The molecular weight excluding hydrogens is 152 g/mol. The maximum absolute atomic E-state index is 10.2. The number of carbonyl (C=O) groups is 1. The van der Waals surface area contributed by atoms with Crippen LogP contribution in [0.1, 0.15) is 26.2 Å². The first-order chi connectivity index (χ1) is 5.68. The molecule has 1 N–H and O–H groups in total. The van der Waals surface area contributed by atoms with Crippen LogP contribution in [0.4, 0.5) is 0 Å². The Labute approximate surface area is 72.6 Å². The number of carboxylic acids is 1. The number of allylic oxidation sites excluding steroid dienone is 3.